The average molecular weight is 485 g/mol. The first-order valence-electron chi connectivity index (χ1n) is 8.71. The standard InChI is InChI=1S/C20H20BrClFN3O3/c1-11(27)25-18(9-12-4-2-3-5-16(12)23)20(29)26-17(19(24)28)10-13-8-14(22)6-7-15(13)21/h2-8,17-18H,9-10H2,1H3,(H2,24,28)(H,25,27)(H,26,29)/t17-,18-/m0/s1. The van der Waals surface area contributed by atoms with Gasteiger partial charge >= 0.3 is 0 Å². The Kier molecular flexibility index (Phi) is 8.16. The van der Waals surface area contributed by atoms with Crippen LogP contribution in [0.5, 0.6) is 0 Å². The average Bonchev–Trinajstić information content (AvgIpc) is 2.64. The molecular weight excluding hydrogens is 465 g/mol. The van der Waals surface area contributed by atoms with Crippen molar-refractivity contribution in [2.45, 2.75) is 31.8 Å². The molecule has 0 saturated heterocycles. The van der Waals surface area contributed by atoms with E-state index in [0.29, 0.717) is 15.1 Å². The van der Waals surface area contributed by atoms with E-state index in [9.17, 15) is 18.8 Å². The molecule has 6 nitrogen and oxygen atoms in total. The zero-order valence-corrected chi connectivity index (χ0v) is 17.9. The fourth-order valence-electron chi connectivity index (χ4n) is 2.75. The Morgan fingerprint density at radius 3 is 2.34 bits per heavy atom. The molecule has 0 aliphatic rings. The van der Waals surface area contributed by atoms with E-state index in [-0.39, 0.29) is 18.4 Å². The molecule has 0 aliphatic heterocycles. The molecule has 0 bridgehead atoms. The third-order valence-electron chi connectivity index (χ3n) is 4.17. The molecule has 2 aromatic rings. The second-order valence-electron chi connectivity index (χ2n) is 6.45. The van der Waals surface area contributed by atoms with Gasteiger partial charge in [0.1, 0.15) is 17.9 Å². The molecule has 0 aromatic heterocycles. The van der Waals surface area contributed by atoms with Gasteiger partial charge in [-0.05, 0) is 35.4 Å². The smallest absolute Gasteiger partial charge is 0.243 e. The van der Waals surface area contributed by atoms with Gasteiger partial charge in [-0.2, -0.15) is 0 Å². The van der Waals surface area contributed by atoms with E-state index in [4.69, 9.17) is 17.3 Å². The van der Waals surface area contributed by atoms with Crippen LogP contribution in [-0.2, 0) is 27.2 Å². The van der Waals surface area contributed by atoms with Gasteiger partial charge in [0.25, 0.3) is 0 Å². The van der Waals surface area contributed by atoms with Crippen LogP contribution in [0, 0.1) is 5.82 Å². The summed E-state index contributed by atoms with van der Waals surface area (Å²) in [5.74, 6) is -2.36. The van der Waals surface area contributed by atoms with E-state index < -0.39 is 35.6 Å². The lowest BCUT2D eigenvalue weighted by Crippen LogP contribution is -2.54. The molecule has 0 spiro atoms. The van der Waals surface area contributed by atoms with Gasteiger partial charge in [0.2, 0.25) is 17.7 Å². The fraction of sp³-hybridized carbons (Fsp3) is 0.250. The second kappa shape index (κ2) is 10.4. The quantitative estimate of drug-likeness (QED) is 0.536. The lowest BCUT2D eigenvalue weighted by Gasteiger charge is -2.22. The van der Waals surface area contributed by atoms with Crippen LogP contribution in [-0.4, -0.2) is 29.8 Å². The molecule has 2 aromatic carbocycles. The monoisotopic (exact) mass is 483 g/mol. The van der Waals surface area contributed by atoms with Crippen molar-refractivity contribution in [2.24, 2.45) is 5.73 Å². The highest BCUT2D eigenvalue weighted by atomic mass is 79.9. The summed E-state index contributed by atoms with van der Waals surface area (Å²) in [4.78, 5) is 36.2. The number of hydrogen-bond donors (Lipinski definition) is 3. The van der Waals surface area contributed by atoms with Crippen molar-refractivity contribution in [1.82, 2.24) is 10.6 Å². The molecule has 2 atom stereocenters. The minimum Gasteiger partial charge on any atom is -0.368 e. The summed E-state index contributed by atoms with van der Waals surface area (Å²) in [6.07, 6.45) is 0.0130. The van der Waals surface area contributed by atoms with Crippen LogP contribution in [0.1, 0.15) is 18.1 Å². The Morgan fingerprint density at radius 1 is 1.07 bits per heavy atom. The molecule has 0 fully saturated rings. The molecule has 0 saturated carbocycles. The van der Waals surface area contributed by atoms with E-state index in [0.717, 1.165) is 0 Å². The Morgan fingerprint density at radius 2 is 1.72 bits per heavy atom. The molecular formula is C20H20BrClFN3O3. The van der Waals surface area contributed by atoms with Crippen molar-refractivity contribution in [2.75, 3.05) is 0 Å². The first kappa shape index (κ1) is 22.8. The lowest BCUT2D eigenvalue weighted by molar-refractivity contribution is -0.130. The van der Waals surface area contributed by atoms with Gasteiger partial charge in [-0.3, -0.25) is 14.4 Å². The molecule has 9 heteroatoms. The van der Waals surface area contributed by atoms with E-state index in [1.165, 1.54) is 25.1 Å². The van der Waals surface area contributed by atoms with Gasteiger partial charge in [0.15, 0.2) is 0 Å². The number of hydrogen-bond acceptors (Lipinski definition) is 3. The Bertz CT molecular complexity index is 926. The maximum atomic E-state index is 14.0. The third kappa shape index (κ3) is 6.83. The summed E-state index contributed by atoms with van der Waals surface area (Å²) in [5.41, 5.74) is 6.38. The molecule has 4 N–H and O–H groups in total. The van der Waals surface area contributed by atoms with E-state index in [1.807, 2.05) is 0 Å². The maximum Gasteiger partial charge on any atom is 0.243 e. The highest BCUT2D eigenvalue weighted by Crippen LogP contribution is 2.22. The summed E-state index contributed by atoms with van der Waals surface area (Å²) in [5, 5.41) is 5.49. The SMILES string of the molecule is CC(=O)N[C@@H](Cc1ccccc1F)C(=O)N[C@@H](Cc1cc(Cl)ccc1Br)C(N)=O. The van der Waals surface area contributed by atoms with Gasteiger partial charge in [-0.1, -0.05) is 45.7 Å². The normalized spacial score (nSPS) is 12.7. The van der Waals surface area contributed by atoms with Crippen molar-refractivity contribution >= 4 is 45.3 Å². The fourth-order valence-corrected chi connectivity index (χ4v) is 3.36. The first-order valence-corrected chi connectivity index (χ1v) is 9.88. The van der Waals surface area contributed by atoms with Crippen molar-refractivity contribution < 1.29 is 18.8 Å². The zero-order chi connectivity index (χ0) is 21.6. The highest BCUT2D eigenvalue weighted by Gasteiger charge is 2.26. The number of amides is 3. The molecule has 154 valence electrons. The molecule has 3 amide bonds. The number of nitrogens with two attached hydrogens (primary N) is 1. The summed E-state index contributed by atoms with van der Waals surface area (Å²) < 4.78 is 14.7. The van der Waals surface area contributed by atoms with Crippen molar-refractivity contribution in [3.63, 3.8) is 0 Å². The van der Waals surface area contributed by atoms with Crippen LogP contribution in [0.3, 0.4) is 0 Å². The Hall–Kier alpha value is -2.45. The molecule has 0 heterocycles. The number of halogens is 3. The summed E-state index contributed by atoms with van der Waals surface area (Å²) >= 11 is 9.36. The Balaban J connectivity index is 2.19. The van der Waals surface area contributed by atoms with Crippen LogP contribution in [0.25, 0.3) is 0 Å². The topological polar surface area (TPSA) is 101 Å². The number of primary amides is 1. The number of nitrogens with one attached hydrogen (secondary N) is 2. The summed E-state index contributed by atoms with van der Waals surface area (Å²) in [7, 11) is 0. The van der Waals surface area contributed by atoms with Gasteiger partial charge < -0.3 is 16.4 Å². The number of benzene rings is 2. The van der Waals surface area contributed by atoms with Crippen LogP contribution < -0.4 is 16.4 Å². The maximum absolute atomic E-state index is 14.0. The van der Waals surface area contributed by atoms with Crippen LogP contribution in [0.4, 0.5) is 4.39 Å². The van der Waals surface area contributed by atoms with Gasteiger partial charge in [-0.25, -0.2) is 4.39 Å². The second-order valence-corrected chi connectivity index (χ2v) is 7.74. The van der Waals surface area contributed by atoms with E-state index in [1.54, 1.807) is 24.3 Å². The van der Waals surface area contributed by atoms with Gasteiger partial charge in [0.05, 0.1) is 0 Å². The predicted molar refractivity (Wildman–Crippen MR) is 112 cm³/mol. The van der Waals surface area contributed by atoms with Crippen molar-refractivity contribution in [3.05, 3.63) is 68.9 Å². The largest absolute Gasteiger partial charge is 0.368 e. The van der Waals surface area contributed by atoms with Crippen molar-refractivity contribution in [3.8, 4) is 0 Å². The van der Waals surface area contributed by atoms with Crippen molar-refractivity contribution in [1.29, 1.82) is 0 Å². The Labute approximate surface area is 181 Å². The van der Waals surface area contributed by atoms with E-state index >= 15 is 0 Å². The highest BCUT2D eigenvalue weighted by molar-refractivity contribution is 9.10. The van der Waals surface area contributed by atoms with E-state index in [2.05, 4.69) is 26.6 Å². The molecule has 29 heavy (non-hydrogen) atoms. The van der Waals surface area contributed by atoms with Crippen LogP contribution in [0.2, 0.25) is 5.02 Å². The number of carbonyl (C=O) groups is 3. The number of rotatable bonds is 8. The third-order valence-corrected chi connectivity index (χ3v) is 5.18. The minimum absolute atomic E-state index is 0.0789. The molecule has 0 radical (unpaired) electrons. The summed E-state index contributed by atoms with van der Waals surface area (Å²) in [6.45, 7) is 1.25. The predicted octanol–water partition coefficient (Wildman–Crippen LogP) is 2.50. The molecule has 2 rings (SSSR count). The minimum atomic E-state index is -1.07. The zero-order valence-electron chi connectivity index (χ0n) is 15.5. The number of carbonyl (C=O) groups excluding carboxylic acids is 3. The van der Waals surface area contributed by atoms with Crippen LogP contribution in [0.15, 0.2) is 46.9 Å². The van der Waals surface area contributed by atoms with Gasteiger partial charge in [0, 0.05) is 29.3 Å². The lowest BCUT2D eigenvalue weighted by atomic mass is 10.0. The summed E-state index contributed by atoms with van der Waals surface area (Å²) in [6, 6.07) is 8.86. The molecule has 0 unspecified atom stereocenters. The molecule has 0 aliphatic carbocycles. The first-order chi connectivity index (χ1) is 13.7. The van der Waals surface area contributed by atoms with Gasteiger partial charge in [-0.15, -0.1) is 0 Å². The van der Waals surface area contributed by atoms with Crippen LogP contribution >= 0.6 is 27.5 Å².